The van der Waals surface area contributed by atoms with Crippen LogP contribution >= 0.6 is 0 Å². The van der Waals surface area contributed by atoms with Crippen LogP contribution in [0.3, 0.4) is 0 Å². The summed E-state index contributed by atoms with van der Waals surface area (Å²) < 4.78 is 13.2. The molecular formula is C20H34O2. The smallest absolute Gasteiger partial charge is 0.188 e. The molecule has 1 heterocycles. The maximum atomic E-state index is 6.64. The van der Waals surface area contributed by atoms with Gasteiger partial charge in [-0.25, -0.2) is 0 Å². The summed E-state index contributed by atoms with van der Waals surface area (Å²) in [6.45, 7) is 13.9. The lowest BCUT2D eigenvalue weighted by molar-refractivity contribution is -0.162. The minimum Gasteiger partial charge on any atom is -0.340 e. The van der Waals surface area contributed by atoms with Crippen LogP contribution in [-0.2, 0) is 9.47 Å². The van der Waals surface area contributed by atoms with Crippen LogP contribution in [0, 0.1) is 23.2 Å². The standard InChI is InChI=1S/C20H34O2/c1-7-11-20(8-2)21-17-12-15-14(3)9-10-16(15)18(4,5)13-19(17,6)22-20/h7,11,14-17H,8-10,12-13H2,1-6H3/b11-7+/t14-,15?,16-,17+,19-,20-/m1/s1. The molecule has 1 unspecified atom stereocenters. The third-order valence-corrected chi connectivity index (χ3v) is 6.82. The molecule has 1 aliphatic heterocycles. The van der Waals surface area contributed by atoms with Gasteiger partial charge in [0.15, 0.2) is 5.79 Å². The van der Waals surface area contributed by atoms with E-state index < -0.39 is 5.79 Å². The molecule has 0 aromatic carbocycles. The van der Waals surface area contributed by atoms with Crippen molar-refractivity contribution in [3.63, 3.8) is 0 Å². The minimum absolute atomic E-state index is 0.150. The van der Waals surface area contributed by atoms with Crippen molar-refractivity contribution in [3.8, 4) is 0 Å². The molecular weight excluding hydrogens is 272 g/mol. The van der Waals surface area contributed by atoms with Crippen LogP contribution in [0.1, 0.15) is 73.6 Å². The van der Waals surface area contributed by atoms with Gasteiger partial charge >= 0.3 is 0 Å². The lowest BCUT2D eigenvalue weighted by atomic mass is 9.69. The Morgan fingerprint density at radius 2 is 1.91 bits per heavy atom. The van der Waals surface area contributed by atoms with Gasteiger partial charge in [-0.1, -0.05) is 40.2 Å². The zero-order valence-electron chi connectivity index (χ0n) is 15.3. The van der Waals surface area contributed by atoms with Crippen molar-refractivity contribution in [2.75, 3.05) is 0 Å². The van der Waals surface area contributed by atoms with Gasteiger partial charge in [-0.05, 0) is 62.4 Å². The average molecular weight is 306 g/mol. The van der Waals surface area contributed by atoms with Crippen molar-refractivity contribution in [1.82, 2.24) is 0 Å². The molecule has 1 saturated heterocycles. The van der Waals surface area contributed by atoms with Crippen molar-refractivity contribution in [2.45, 2.75) is 91.1 Å². The lowest BCUT2D eigenvalue weighted by Crippen LogP contribution is -2.40. The summed E-state index contributed by atoms with van der Waals surface area (Å²) in [5.74, 6) is 1.95. The molecule has 6 atom stereocenters. The number of allylic oxidation sites excluding steroid dienone is 1. The molecule has 2 saturated carbocycles. The highest BCUT2D eigenvalue weighted by atomic mass is 16.8. The highest BCUT2D eigenvalue weighted by Gasteiger charge is 2.59. The number of fused-ring (bicyclic) bond motifs is 2. The predicted octanol–water partition coefficient (Wildman–Crippen LogP) is 5.33. The van der Waals surface area contributed by atoms with Gasteiger partial charge in [0.2, 0.25) is 0 Å². The van der Waals surface area contributed by atoms with Gasteiger partial charge in [-0.2, -0.15) is 0 Å². The Hall–Kier alpha value is -0.340. The molecule has 3 rings (SSSR count). The molecule has 2 heteroatoms. The van der Waals surface area contributed by atoms with Crippen molar-refractivity contribution in [2.24, 2.45) is 23.2 Å². The van der Waals surface area contributed by atoms with Crippen LogP contribution in [0.15, 0.2) is 12.2 Å². The monoisotopic (exact) mass is 306 g/mol. The first-order chi connectivity index (χ1) is 10.3. The Kier molecular flexibility index (Phi) is 4.01. The molecule has 2 nitrogen and oxygen atoms in total. The van der Waals surface area contributed by atoms with E-state index in [1.165, 1.54) is 19.3 Å². The number of hydrogen-bond donors (Lipinski definition) is 0. The van der Waals surface area contributed by atoms with Crippen LogP contribution in [-0.4, -0.2) is 17.5 Å². The first-order valence-corrected chi connectivity index (χ1v) is 9.27. The van der Waals surface area contributed by atoms with E-state index in [1.807, 2.05) is 0 Å². The van der Waals surface area contributed by atoms with Crippen molar-refractivity contribution in [3.05, 3.63) is 12.2 Å². The fourth-order valence-electron chi connectivity index (χ4n) is 5.81. The van der Waals surface area contributed by atoms with E-state index in [2.05, 4.69) is 53.7 Å². The second kappa shape index (κ2) is 5.34. The summed E-state index contributed by atoms with van der Waals surface area (Å²) in [7, 11) is 0. The van der Waals surface area contributed by atoms with E-state index in [0.717, 1.165) is 30.6 Å². The van der Waals surface area contributed by atoms with Crippen molar-refractivity contribution < 1.29 is 9.47 Å². The Bertz CT molecular complexity index is 455. The number of rotatable bonds is 2. The minimum atomic E-state index is -0.501. The Labute approximate surface area is 136 Å². The number of hydrogen-bond acceptors (Lipinski definition) is 2. The summed E-state index contributed by atoms with van der Waals surface area (Å²) in [4.78, 5) is 0. The zero-order chi connectivity index (χ0) is 16.2. The quantitative estimate of drug-likeness (QED) is 0.642. The lowest BCUT2D eigenvalue weighted by Gasteiger charge is -2.39. The van der Waals surface area contributed by atoms with Gasteiger partial charge in [-0.3, -0.25) is 0 Å². The second-order valence-electron chi connectivity index (χ2n) is 8.91. The SMILES string of the molecule is C/C=C/[C@]1(CC)O[C@H]2CC3[C@H](C)CC[C@H]3C(C)(C)C[C@@]2(C)O1. The molecule has 22 heavy (non-hydrogen) atoms. The molecule has 0 radical (unpaired) electrons. The van der Waals surface area contributed by atoms with Gasteiger partial charge in [0.1, 0.15) is 0 Å². The van der Waals surface area contributed by atoms with E-state index in [0.29, 0.717) is 5.41 Å². The summed E-state index contributed by atoms with van der Waals surface area (Å²) >= 11 is 0. The molecule has 0 aromatic heterocycles. The van der Waals surface area contributed by atoms with E-state index in [4.69, 9.17) is 9.47 Å². The molecule has 0 N–H and O–H groups in total. The van der Waals surface area contributed by atoms with Crippen LogP contribution in [0.2, 0.25) is 0 Å². The Balaban J connectivity index is 1.94. The van der Waals surface area contributed by atoms with Crippen LogP contribution in [0.5, 0.6) is 0 Å². The normalized spacial score (nSPS) is 50.8. The highest BCUT2D eigenvalue weighted by molar-refractivity contribution is 5.10. The van der Waals surface area contributed by atoms with Gasteiger partial charge in [-0.15, -0.1) is 0 Å². The largest absolute Gasteiger partial charge is 0.340 e. The Morgan fingerprint density at radius 3 is 2.55 bits per heavy atom. The third kappa shape index (κ3) is 2.47. The fraction of sp³-hybridized carbons (Fsp3) is 0.900. The Morgan fingerprint density at radius 1 is 1.18 bits per heavy atom. The van der Waals surface area contributed by atoms with E-state index in [1.54, 1.807) is 0 Å². The van der Waals surface area contributed by atoms with Crippen LogP contribution < -0.4 is 0 Å². The maximum Gasteiger partial charge on any atom is 0.188 e. The molecule has 0 spiro atoms. The van der Waals surface area contributed by atoms with Gasteiger partial charge in [0.25, 0.3) is 0 Å². The van der Waals surface area contributed by atoms with Crippen LogP contribution in [0.4, 0.5) is 0 Å². The zero-order valence-corrected chi connectivity index (χ0v) is 15.3. The molecule has 2 aliphatic carbocycles. The molecule has 126 valence electrons. The van der Waals surface area contributed by atoms with Crippen molar-refractivity contribution in [1.29, 1.82) is 0 Å². The van der Waals surface area contributed by atoms with E-state index in [-0.39, 0.29) is 11.7 Å². The van der Waals surface area contributed by atoms with E-state index >= 15 is 0 Å². The molecule has 0 amide bonds. The fourth-order valence-corrected chi connectivity index (χ4v) is 5.81. The van der Waals surface area contributed by atoms with Crippen LogP contribution in [0.25, 0.3) is 0 Å². The summed E-state index contributed by atoms with van der Waals surface area (Å²) in [5, 5.41) is 0. The maximum absolute atomic E-state index is 6.64. The topological polar surface area (TPSA) is 18.5 Å². The molecule has 0 bridgehead atoms. The molecule has 3 fully saturated rings. The highest BCUT2D eigenvalue weighted by Crippen LogP contribution is 2.59. The first-order valence-electron chi connectivity index (χ1n) is 9.27. The summed E-state index contributed by atoms with van der Waals surface area (Å²) in [5.41, 5.74) is 0.186. The van der Waals surface area contributed by atoms with Gasteiger partial charge < -0.3 is 9.47 Å². The average Bonchev–Trinajstić information content (AvgIpc) is 2.88. The molecule has 0 aromatic rings. The second-order valence-corrected chi connectivity index (χ2v) is 8.91. The van der Waals surface area contributed by atoms with Crippen molar-refractivity contribution >= 4 is 0 Å². The number of ether oxygens (including phenoxy) is 2. The predicted molar refractivity (Wildman–Crippen MR) is 90.6 cm³/mol. The molecule has 3 aliphatic rings. The first kappa shape index (κ1) is 16.5. The van der Waals surface area contributed by atoms with Gasteiger partial charge in [0.05, 0.1) is 11.7 Å². The summed E-state index contributed by atoms with van der Waals surface area (Å²) in [6.07, 6.45) is 10.4. The van der Waals surface area contributed by atoms with Gasteiger partial charge in [0, 0.05) is 6.42 Å². The third-order valence-electron chi connectivity index (χ3n) is 6.82. The van der Waals surface area contributed by atoms with E-state index in [9.17, 15) is 0 Å². The summed E-state index contributed by atoms with van der Waals surface area (Å²) in [6, 6.07) is 0.